The maximum absolute atomic E-state index is 12.2. The molecule has 1 N–H and O–H groups in total. The highest BCUT2D eigenvalue weighted by Crippen LogP contribution is 2.19. The molecule has 0 fully saturated rings. The summed E-state index contributed by atoms with van der Waals surface area (Å²) >= 11 is 0. The second kappa shape index (κ2) is 5.45. The van der Waals surface area contributed by atoms with Gasteiger partial charge >= 0.3 is 0 Å². The Morgan fingerprint density at radius 3 is 2.30 bits per heavy atom. The number of benzene rings is 2. The number of non-ortho nitro benzene ring substituents is 1. The molecule has 0 saturated heterocycles. The first-order valence-electron chi connectivity index (χ1n) is 6.72. The third-order valence-electron chi connectivity index (χ3n) is 3.57. The summed E-state index contributed by atoms with van der Waals surface area (Å²) in [5.41, 5.74) is 1.40. The maximum Gasteiger partial charge on any atom is 0.269 e. The van der Waals surface area contributed by atoms with E-state index in [1.54, 1.807) is 6.07 Å². The van der Waals surface area contributed by atoms with E-state index in [2.05, 4.69) is 5.32 Å². The lowest BCUT2D eigenvalue weighted by Gasteiger charge is -2.03. The molecule has 2 aromatic carbocycles. The minimum atomic E-state index is -0.537. The van der Waals surface area contributed by atoms with Gasteiger partial charge in [-0.25, -0.2) is 0 Å². The molecule has 2 aromatic rings. The molecule has 0 aromatic heterocycles. The number of carbonyl (C=O) groups excluding carboxylic acids is 3. The summed E-state index contributed by atoms with van der Waals surface area (Å²) in [6, 6.07) is 9.95. The molecule has 0 aliphatic carbocycles. The van der Waals surface area contributed by atoms with Crippen molar-refractivity contribution in [1.82, 2.24) is 5.32 Å². The zero-order valence-corrected chi connectivity index (χ0v) is 11.7. The summed E-state index contributed by atoms with van der Waals surface area (Å²) in [5.74, 6) is -1.16. The number of imide groups is 1. The van der Waals surface area contributed by atoms with Crippen molar-refractivity contribution in [2.24, 2.45) is 0 Å². The molecule has 0 bridgehead atoms. The SMILES string of the molecule is O=C(Cc1ccc2c(c1)C(=O)NC2=O)c1ccc([N+](=O)[O-])cc1. The molecule has 7 heteroatoms. The van der Waals surface area contributed by atoms with Gasteiger partial charge in [-0.15, -0.1) is 0 Å². The van der Waals surface area contributed by atoms with Crippen LogP contribution in [0.5, 0.6) is 0 Å². The highest BCUT2D eigenvalue weighted by Gasteiger charge is 2.26. The summed E-state index contributed by atoms with van der Waals surface area (Å²) in [6.07, 6.45) is 0.0343. The standard InChI is InChI=1S/C16H10N2O5/c19-14(10-2-4-11(5-3-10)18(22)23)8-9-1-6-12-13(7-9)16(21)17-15(12)20/h1-7H,8H2,(H,17,20,21). The predicted molar refractivity (Wildman–Crippen MR) is 79.4 cm³/mol. The molecule has 0 atom stereocenters. The summed E-state index contributed by atoms with van der Waals surface area (Å²) in [6.45, 7) is 0. The topological polar surface area (TPSA) is 106 Å². The molecule has 0 spiro atoms. The largest absolute Gasteiger partial charge is 0.294 e. The molecule has 0 saturated carbocycles. The minimum Gasteiger partial charge on any atom is -0.294 e. The normalized spacial score (nSPS) is 12.7. The Hall–Kier alpha value is -3.35. The van der Waals surface area contributed by atoms with E-state index in [4.69, 9.17) is 0 Å². The Kier molecular flexibility index (Phi) is 3.46. The first-order chi connectivity index (χ1) is 11.0. The molecule has 3 rings (SSSR count). The van der Waals surface area contributed by atoms with Crippen LogP contribution in [0.1, 0.15) is 36.6 Å². The number of hydrogen-bond acceptors (Lipinski definition) is 5. The van der Waals surface area contributed by atoms with Crippen LogP contribution in [0.3, 0.4) is 0 Å². The fourth-order valence-electron chi connectivity index (χ4n) is 2.38. The van der Waals surface area contributed by atoms with Crippen molar-refractivity contribution in [2.75, 3.05) is 0 Å². The quantitative estimate of drug-likeness (QED) is 0.402. The van der Waals surface area contributed by atoms with Gasteiger partial charge in [0.1, 0.15) is 0 Å². The molecule has 1 aliphatic heterocycles. The molecule has 0 unspecified atom stereocenters. The van der Waals surface area contributed by atoms with Gasteiger partial charge in [-0.2, -0.15) is 0 Å². The lowest BCUT2D eigenvalue weighted by atomic mass is 9.99. The fourth-order valence-corrected chi connectivity index (χ4v) is 2.38. The van der Waals surface area contributed by atoms with Crippen LogP contribution in [0, 0.1) is 10.1 Å². The average Bonchev–Trinajstić information content (AvgIpc) is 2.81. The van der Waals surface area contributed by atoms with Crippen LogP contribution in [0.15, 0.2) is 42.5 Å². The molecule has 1 heterocycles. The van der Waals surface area contributed by atoms with E-state index in [9.17, 15) is 24.5 Å². The van der Waals surface area contributed by atoms with Crippen molar-refractivity contribution < 1.29 is 19.3 Å². The molecule has 114 valence electrons. The Balaban J connectivity index is 1.81. The number of Topliss-reactive ketones (excluding diaryl/α,β-unsaturated/α-hetero) is 1. The van der Waals surface area contributed by atoms with Gasteiger partial charge in [0.25, 0.3) is 17.5 Å². The van der Waals surface area contributed by atoms with Crippen molar-refractivity contribution in [3.8, 4) is 0 Å². The van der Waals surface area contributed by atoms with Gasteiger partial charge in [0, 0.05) is 24.1 Å². The first-order valence-corrected chi connectivity index (χ1v) is 6.72. The number of nitro groups is 1. The van der Waals surface area contributed by atoms with Gasteiger partial charge in [0.2, 0.25) is 0 Å². The van der Waals surface area contributed by atoms with Gasteiger partial charge in [0.15, 0.2) is 5.78 Å². The van der Waals surface area contributed by atoms with E-state index < -0.39 is 16.7 Å². The number of rotatable bonds is 4. The fraction of sp³-hybridized carbons (Fsp3) is 0.0625. The lowest BCUT2D eigenvalue weighted by Crippen LogP contribution is -2.19. The van der Waals surface area contributed by atoms with E-state index >= 15 is 0 Å². The van der Waals surface area contributed by atoms with Crippen molar-refractivity contribution in [3.63, 3.8) is 0 Å². The summed E-state index contributed by atoms with van der Waals surface area (Å²) in [4.78, 5) is 45.3. The van der Waals surface area contributed by atoms with Crippen LogP contribution >= 0.6 is 0 Å². The number of ketones is 1. The summed E-state index contributed by atoms with van der Waals surface area (Å²) in [7, 11) is 0. The van der Waals surface area contributed by atoms with Crippen molar-refractivity contribution in [3.05, 3.63) is 74.8 Å². The van der Waals surface area contributed by atoms with E-state index in [1.165, 1.54) is 36.4 Å². The Labute approximate surface area is 130 Å². The van der Waals surface area contributed by atoms with Crippen molar-refractivity contribution in [1.29, 1.82) is 0 Å². The van der Waals surface area contributed by atoms with E-state index in [0.29, 0.717) is 16.7 Å². The first kappa shape index (κ1) is 14.6. The number of fused-ring (bicyclic) bond motifs is 1. The molecule has 1 aliphatic rings. The highest BCUT2D eigenvalue weighted by atomic mass is 16.6. The minimum absolute atomic E-state index is 0.0343. The third kappa shape index (κ3) is 2.71. The van der Waals surface area contributed by atoms with Crippen molar-refractivity contribution in [2.45, 2.75) is 6.42 Å². The summed E-state index contributed by atoms with van der Waals surface area (Å²) < 4.78 is 0. The van der Waals surface area contributed by atoms with Gasteiger partial charge in [-0.05, 0) is 29.8 Å². The smallest absolute Gasteiger partial charge is 0.269 e. The van der Waals surface area contributed by atoms with Crippen LogP contribution in [-0.4, -0.2) is 22.5 Å². The van der Waals surface area contributed by atoms with Gasteiger partial charge in [-0.1, -0.05) is 6.07 Å². The molecular weight excluding hydrogens is 300 g/mol. The third-order valence-corrected chi connectivity index (χ3v) is 3.57. The molecule has 0 radical (unpaired) electrons. The van der Waals surface area contributed by atoms with Crippen LogP contribution in [0.4, 0.5) is 5.69 Å². The number of carbonyl (C=O) groups is 3. The number of nitrogens with one attached hydrogen (secondary N) is 1. The Bertz CT molecular complexity index is 855. The molecule has 23 heavy (non-hydrogen) atoms. The summed E-state index contributed by atoms with van der Waals surface area (Å²) in [5, 5.41) is 12.8. The van der Waals surface area contributed by atoms with Gasteiger partial charge in [-0.3, -0.25) is 29.8 Å². The highest BCUT2D eigenvalue weighted by molar-refractivity contribution is 6.21. The van der Waals surface area contributed by atoms with Gasteiger partial charge < -0.3 is 0 Å². The maximum atomic E-state index is 12.2. The zero-order valence-electron chi connectivity index (χ0n) is 11.7. The van der Waals surface area contributed by atoms with Gasteiger partial charge in [0.05, 0.1) is 16.1 Å². The van der Waals surface area contributed by atoms with E-state index in [-0.39, 0.29) is 23.5 Å². The van der Waals surface area contributed by atoms with E-state index in [1.807, 2.05) is 0 Å². The molecule has 2 amide bonds. The average molecular weight is 310 g/mol. The van der Waals surface area contributed by atoms with E-state index in [0.717, 1.165) is 0 Å². The van der Waals surface area contributed by atoms with Crippen LogP contribution < -0.4 is 5.32 Å². The number of amides is 2. The predicted octanol–water partition coefficient (Wildman–Crippen LogP) is 1.90. The second-order valence-corrected chi connectivity index (χ2v) is 5.07. The molecule has 7 nitrogen and oxygen atoms in total. The number of nitrogens with zero attached hydrogens (tertiary/aromatic N) is 1. The lowest BCUT2D eigenvalue weighted by molar-refractivity contribution is -0.384. The molecular formula is C16H10N2O5. The number of hydrogen-bond donors (Lipinski definition) is 1. The van der Waals surface area contributed by atoms with Crippen LogP contribution in [-0.2, 0) is 6.42 Å². The monoisotopic (exact) mass is 310 g/mol. The Morgan fingerprint density at radius 2 is 1.65 bits per heavy atom. The Morgan fingerprint density at radius 1 is 1.00 bits per heavy atom. The van der Waals surface area contributed by atoms with Crippen LogP contribution in [0.25, 0.3) is 0 Å². The van der Waals surface area contributed by atoms with Crippen LogP contribution in [0.2, 0.25) is 0 Å². The zero-order chi connectivity index (χ0) is 16.6. The van der Waals surface area contributed by atoms with Crippen molar-refractivity contribution >= 4 is 23.3 Å². The second-order valence-electron chi connectivity index (χ2n) is 5.07. The number of nitro benzene ring substituents is 1.